The van der Waals surface area contributed by atoms with E-state index in [2.05, 4.69) is 30.4 Å². The number of rotatable bonds is 5. The van der Waals surface area contributed by atoms with Crippen molar-refractivity contribution in [2.45, 2.75) is 19.9 Å². The second-order valence-electron chi connectivity index (χ2n) is 9.35. The number of hydrogen-bond donors (Lipinski definition) is 2. The second-order valence-corrected chi connectivity index (χ2v) is 9.35. The summed E-state index contributed by atoms with van der Waals surface area (Å²) in [6, 6.07) is 6.09. The number of amides is 1. The van der Waals surface area contributed by atoms with E-state index in [1.807, 2.05) is 0 Å². The van der Waals surface area contributed by atoms with Gasteiger partial charge in [0.2, 0.25) is 0 Å². The molecule has 6 rings (SSSR count). The molecule has 0 bridgehead atoms. The maximum absolute atomic E-state index is 15.9. The number of nitrogens with one attached hydrogen (secondary N) is 1. The number of nitrogens with zero attached hydrogens (tertiary/aromatic N) is 8. The van der Waals surface area contributed by atoms with Gasteiger partial charge in [0.25, 0.3) is 0 Å². The van der Waals surface area contributed by atoms with E-state index in [1.165, 1.54) is 29.8 Å². The number of pyridine rings is 2. The van der Waals surface area contributed by atoms with Crippen molar-refractivity contribution >= 4 is 40.0 Å². The van der Waals surface area contributed by atoms with Crippen LogP contribution in [-0.2, 0) is 0 Å². The van der Waals surface area contributed by atoms with E-state index >= 15 is 8.78 Å². The summed E-state index contributed by atoms with van der Waals surface area (Å²) in [5.41, 5.74) is 1.12. The van der Waals surface area contributed by atoms with Gasteiger partial charge in [-0.3, -0.25) is 0 Å². The summed E-state index contributed by atoms with van der Waals surface area (Å²) in [7, 11) is 0. The van der Waals surface area contributed by atoms with Crippen LogP contribution in [0.4, 0.5) is 30.9 Å². The Morgan fingerprint density at radius 1 is 1.10 bits per heavy atom. The number of halogens is 2. The van der Waals surface area contributed by atoms with Crippen LogP contribution in [0.25, 0.3) is 16.6 Å². The lowest BCUT2D eigenvalue weighted by molar-refractivity contribution is 0.122. The summed E-state index contributed by atoms with van der Waals surface area (Å²) in [4.78, 5) is 31.1. The molecule has 12 nitrogen and oxygen atoms in total. The summed E-state index contributed by atoms with van der Waals surface area (Å²) < 4.78 is 38.9. The zero-order chi connectivity index (χ0) is 28.0. The number of aromatic nitrogens is 6. The smallest absolute Gasteiger partial charge is 0.407 e. The van der Waals surface area contributed by atoms with Crippen LogP contribution in [-0.4, -0.2) is 71.3 Å². The molecule has 1 fully saturated rings. The maximum atomic E-state index is 15.9. The quantitative estimate of drug-likeness (QED) is 0.327. The summed E-state index contributed by atoms with van der Waals surface area (Å²) in [6.45, 7) is 4.06. The van der Waals surface area contributed by atoms with Gasteiger partial charge >= 0.3 is 6.09 Å². The molecule has 0 radical (unpaired) electrons. The number of carboxylic acid groups (broad SMARTS) is 1. The van der Waals surface area contributed by atoms with E-state index in [0.29, 0.717) is 17.1 Å². The lowest BCUT2D eigenvalue weighted by Gasteiger charge is -2.38. The number of benzene rings is 1. The van der Waals surface area contributed by atoms with Gasteiger partial charge in [0.05, 0.1) is 22.8 Å². The first kappa shape index (κ1) is 25.2. The van der Waals surface area contributed by atoms with Crippen molar-refractivity contribution in [2.75, 3.05) is 29.9 Å². The minimum absolute atomic E-state index is 0.0415. The molecule has 1 atom stereocenters. The second kappa shape index (κ2) is 9.87. The molecular weight excluding hydrogens is 524 g/mol. The summed E-state index contributed by atoms with van der Waals surface area (Å²) in [5.74, 6) is -0.406. The topological polar surface area (TPSA) is 134 Å². The van der Waals surface area contributed by atoms with Crippen molar-refractivity contribution in [1.29, 1.82) is 0 Å². The van der Waals surface area contributed by atoms with Crippen molar-refractivity contribution in [3.63, 3.8) is 0 Å². The molecule has 40 heavy (non-hydrogen) atoms. The molecule has 5 aromatic rings. The molecule has 1 saturated heterocycles. The highest BCUT2D eigenvalue weighted by Gasteiger charge is 2.30. The molecule has 4 aromatic heterocycles. The van der Waals surface area contributed by atoms with Gasteiger partial charge in [-0.25, -0.2) is 38.0 Å². The highest BCUT2D eigenvalue weighted by Crippen LogP contribution is 2.35. The number of hydrogen-bond acceptors (Lipinski definition) is 9. The Bertz CT molecular complexity index is 1760. The monoisotopic (exact) mass is 547 g/mol. The molecule has 5 heterocycles. The lowest BCUT2D eigenvalue weighted by Crippen LogP contribution is -2.54. The van der Waals surface area contributed by atoms with E-state index in [1.54, 1.807) is 47.7 Å². The van der Waals surface area contributed by atoms with Gasteiger partial charge in [0, 0.05) is 43.5 Å². The van der Waals surface area contributed by atoms with Gasteiger partial charge in [0.1, 0.15) is 30.0 Å². The van der Waals surface area contributed by atoms with E-state index in [9.17, 15) is 9.90 Å². The van der Waals surface area contributed by atoms with Gasteiger partial charge in [0.15, 0.2) is 23.1 Å². The molecule has 204 valence electrons. The molecule has 1 aliphatic rings. The first-order valence-corrected chi connectivity index (χ1v) is 12.4. The van der Waals surface area contributed by atoms with Crippen LogP contribution in [0.15, 0.2) is 49.3 Å². The number of fused-ring (bicyclic) bond motifs is 2. The van der Waals surface area contributed by atoms with Crippen LogP contribution in [0.1, 0.15) is 12.5 Å². The Morgan fingerprint density at radius 3 is 2.75 bits per heavy atom. The predicted octanol–water partition coefficient (Wildman–Crippen LogP) is 4.38. The molecule has 2 N–H and O–H groups in total. The summed E-state index contributed by atoms with van der Waals surface area (Å²) >= 11 is 0. The van der Waals surface area contributed by atoms with Crippen molar-refractivity contribution in [1.82, 2.24) is 34.4 Å². The number of carbonyl (C=O) groups is 1. The molecule has 0 saturated carbocycles. The van der Waals surface area contributed by atoms with Crippen LogP contribution in [0.2, 0.25) is 0 Å². The van der Waals surface area contributed by atoms with Crippen LogP contribution in [0.5, 0.6) is 11.5 Å². The lowest BCUT2D eigenvalue weighted by atomic mass is 10.1. The van der Waals surface area contributed by atoms with E-state index in [-0.39, 0.29) is 59.5 Å². The molecule has 0 spiro atoms. The van der Waals surface area contributed by atoms with E-state index < -0.39 is 17.7 Å². The van der Waals surface area contributed by atoms with Gasteiger partial charge in [-0.2, -0.15) is 5.10 Å². The Labute approximate surface area is 225 Å². The molecule has 0 unspecified atom stereocenters. The summed E-state index contributed by atoms with van der Waals surface area (Å²) in [5, 5.41) is 16.3. The van der Waals surface area contributed by atoms with Crippen LogP contribution >= 0.6 is 0 Å². The normalized spacial score (nSPS) is 15.6. The average Bonchev–Trinajstić information content (AvgIpc) is 3.41. The van der Waals surface area contributed by atoms with Gasteiger partial charge in [-0.15, -0.1) is 0 Å². The fourth-order valence-electron chi connectivity index (χ4n) is 4.74. The fraction of sp³-hybridized carbons (Fsp3) is 0.231. The van der Waals surface area contributed by atoms with Crippen molar-refractivity contribution in [2.24, 2.45) is 0 Å². The van der Waals surface area contributed by atoms with Gasteiger partial charge in [-0.05, 0) is 32.0 Å². The molecule has 0 aliphatic carbocycles. The van der Waals surface area contributed by atoms with Crippen LogP contribution < -0.4 is 15.0 Å². The SMILES string of the molecule is Cc1c(Oc2ccn3ncnc3c2)ccc(Nc2ncnc3cnc(N4CCN(C(=O)O)[C@H](C)C4)c(F)c23)c1F. The van der Waals surface area contributed by atoms with Gasteiger partial charge < -0.3 is 25.0 Å². The number of ether oxygens (including phenoxy) is 1. The minimum atomic E-state index is -1.02. The third-order valence-electron chi connectivity index (χ3n) is 6.84. The Hall–Kier alpha value is -5.14. The van der Waals surface area contributed by atoms with Crippen LogP contribution in [0.3, 0.4) is 0 Å². The van der Waals surface area contributed by atoms with Crippen molar-refractivity contribution in [3.8, 4) is 11.5 Å². The zero-order valence-electron chi connectivity index (χ0n) is 21.4. The van der Waals surface area contributed by atoms with Gasteiger partial charge in [-0.1, -0.05) is 0 Å². The predicted molar refractivity (Wildman–Crippen MR) is 141 cm³/mol. The standard InChI is InChI=1S/C26H23F2N9O3/c1-14-11-35(7-8-36(14)26(38)39)25-23(28)21-18(10-29-25)30-12-32-24(21)34-17-3-4-19(15(2)22(17)27)40-16-5-6-37-20(9-16)31-13-33-37/h3-6,9-10,12-14H,7-8,11H2,1-2H3,(H,38,39)(H,30,32,34)/t14-/m1/s1. The maximum Gasteiger partial charge on any atom is 0.407 e. The molecule has 14 heteroatoms. The molecular formula is C26H23F2N9O3. The van der Waals surface area contributed by atoms with E-state index in [0.717, 1.165) is 0 Å². The third-order valence-corrected chi connectivity index (χ3v) is 6.84. The zero-order valence-corrected chi connectivity index (χ0v) is 21.4. The Morgan fingerprint density at radius 2 is 1.95 bits per heavy atom. The first-order chi connectivity index (χ1) is 19.3. The summed E-state index contributed by atoms with van der Waals surface area (Å²) in [6.07, 6.45) is 4.73. The minimum Gasteiger partial charge on any atom is -0.465 e. The average molecular weight is 548 g/mol. The highest BCUT2D eigenvalue weighted by molar-refractivity contribution is 5.92. The fourth-order valence-corrected chi connectivity index (χ4v) is 4.74. The van der Waals surface area contributed by atoms with Crippen molar-refractivity contribution in [3.05, 3.63) is 66.5 Å². The van der Waals surface area contributed by atoms with Crippen molar-refractivity contribution < 1.29 is 23.4 Å². The Kier molecular flexibility index (Phi) is 6.21. The van der Waals surface area contributed by atoms with Crippen LogP contribution in [0, 0.1) is 18.6 Å². The largest absolute Gasteiger partial charge is 0.465 e. The molecule has 1 aliphatic heterocycles. The Balaban J connectivity index is 1.29. The molecule has 1 amide bonds. The number of anilines is 3. The highest BCUT2D eigenvalue weighted by atomic mass is 19.1. The first-order valence-electron chi connectivity index (χ1n) is 12.4. The number of piperazine rings is 1. The molecule has 1 aromatic carbocycles. The van der Waals surface area contributed by atoms with E-state index in [4.69, 9.17) is 4.74 Å². The third kappa shape index (κ3) is 4.42.